The molecule has 6 rings (SSSR count). The zero-order valence-electron chi connectivity index (χ0n) is 21.0. The molecule has 0 amide bonds. The lowest BCUT2D eigenvalue weighted by molar-refractivity contribution is 0.0337. The van der Waals surface area contributed by atoms with E-state index in [0.717, 1.165) is 66.3 Å². The molecule has 192 valence electrons. The first-order valence-electron chi connectivity index (χ1n) is 12.5. The molecule has 2 aliphatic rings. The average Bonchev–Trinajstić information content (AvgIpc) is 2.95. The lowest BCUT2D eigenvalue weighted by Crippen LogP contribution is -2.35. The number of aromatic nitrogens is 4. The fourth-order valence-electron chi connectivity index (χ4n) is 4.41. The number of fused-ring (bicyclic) bond motifs is 5. The van der Waals surface area contributed by atoms with Crippen LogP contribution in [0.25, 0.3) is 10.8 Å². The van der Waals surface area contributed by atoms with Gasteiger partial charge in [-0.05, 0) is 18.1 Å². The summed E-state index contributed by atoms with van der Waals surface area (Å²) < 4.78 is 17.5. The summed E-state index contributed by atoms with van der Waals surface area (Å²) in [6.07, 6.45) is 5.39. The molecule has 0 spiro atoms. The number of nitrogens with one attached hydrogen (secondary N) is 2. The molecule has 4 aromatic heterocycles. The number of pyridine rings is 4. The summed E-state index contributed by atoms with van der Waals surface area (Å²) in [7, 11) is 1.83. The van der Waals surface area contributed by atoms with E-state index >= 15 is 0 Å². The Morgan fingerprint density at radius 3 is 2.71 bits per heavy atom. The van der Waals surface area contributed by atoms with Crippen LogP contribution in [0.4, 0.5) is 17.5 Å². The molecule has 0 unspecified atom stereocenters. The Hall–Kier alpha value is -4.46. The maximum absolute atomic E-state index is 6.18. The minimum absolute atomic E-state index is 0.338. The second kappa shape index (κ2) is 10.9. The first-order chi connectivity index (χ1) is 18.7. The van der Waals surface area contributed by atoms with Crippen LogP contribution >= 0.6 is 0 Å². The van der Waals surface area contributed by atoms with Crippen LogP contribution in [0.3, 0.4) is 0 Å². The largest absolute Gasteiger partial charge is 0.490 e. The van der Waals surface area contributed by atoms with E-state index in [0.29, 0.717) is 36.4 Å². The summed E-state index contributed by atoms with van der Waals surface area (Å²) in [6, 6.07) is 9.41. The molecule has 0 aromatic carbocycles. The number of nitrogens with zero attached hydrogens (tertiary/aromatic N) is 5. The second-order valence-corrected chi connectivity index (χ2v) is 8.88. The van der Waals surface area contributed by atoms with Crippen molar-refractivity contribution in [1.82, 2.24) is 24.8 Å². The van der Waals surface area contributed by atoms with Gasteiger partial charge in [-0.3, -0.25) is 4.90 Å². The van der Waals surface area contributed by atoms with Crippen LogP contribution in [0.5, 0.6) is 11.6 Å². The van der Waals surface area contributed by atoms with Gasteiger partial charge in [0, 0.05) is 73.7 Å². The normalized spacial score (nSPS) is 15.4. The molecular formula is C28H27N7O3. The monoisotopic (exact) mass is 509 g/mol. The van der Waals surface area contributed by atoms with Gasteiger partial charge in [0.1, 0.15) is 42.1 Å². The van der Waals surface area contributed by atoms with Crippen LogP contribution in [0, 0.1) is 11.8 Å². The van der Waals surface area contributed by atoms with Gasteiger partial charge in [0.15, 0.2) is 0 Å². The summed E-state index contributed by atoms with van der Waals surface area (Å²) in [5.74, 6) is 9.69. The van der Waals surface area contributed by atoms with E-state index in [1.165, 1.54) is 0 Å². The first-order valence-corrected chi connectivity index (χ1v) is 12.5. The van der Waals surface area contributed by atoms with Crippen molar-refractivity contribution in [3.63, 3.8) is 0 Å². The smallest absolute Gasteiger partial charge is 0.215 e. The zero-order valence-corrected chi connectivity index (χ0v) is 21.0. The van der Waals surface area contributed by atoms with Crippen LogP contribution in [-0.2, 0) is 11.3 Å². The van der Waals surface area contributed by atoms with Crippen molar-refractivity contribution < 1.29 is 14.2 Å². The van der Waals surface area contributed by atoms with Crippen LogP contribution in [0.2, 0.25) is 0 Å². The second-order valence-electron chi connectivity index (χ2n) is 8.88. The lowest BCUT2D eigenvalue weighted by Gasteiger charge is -2.27. The van der Waals surface area contributed by atoms with Crippen LogP contribution < -0.4 is 20.1 Å². The Morgan fingerprint density at radius 1 is 0.921 bits per heavy atom. The maximum atomic E-state index is 6.18. The predicted octanol–water partition coefficient (Wildman–Crippen LogP) is 3.21. The van der Waals surface area contributed by atoms with Gasteiger partial charge < -0.3 is 24.8 Å². The third-order valence-corrected chi connectivity index (χ3v) is 6.35. The van der Waals surface area contributed by atoms with Crippen molar-refractivity contribution in [2.24, 2.45) is 0 Å². The number of hydrogen-bond donors (Lipinski definition) is 2. The van der Waals surface area contributed by atoms with Crippen molar-refractivity contribution in [2.45, 2.75) is 6.54 Å². The highest BCUT2D eigenvalue weighted by molar-refractivity contribution is 5.96. The van der Waals surface area contributed by atoms with E-state index in [1.807, 2.05) is 43.6 Å². The Balaban J connectivity index is 1.42. The summed E-state index contributed by atoms with van der Waals surface area (Å²) in [4.78, 5) is 20.6. The van der Waals surface area contributed by atoms with Gasteiger partial charge in [0.05, 0.1) is 18.8 Å². The molecule has 0 radical (unpaired) electrons. The molecule has 1 saturated heterocycles. The fraction of sp³-hybridized carbons (Fsp3) is 0.286. The molecule has 1 fully saturated rings. The molecule has 10 heteroatoms. The van der Waals surface area contributed by atoms with E-state index < -0.39 is 0 Å². The van der Waals surface area contributed by atoms with Crippen LogP contribution in [0.1, 0.15) is 16.8 Å². The summed E-state index contributed by atoms with van der Waals surface area (Å²) in [5, 5.41) is 8.17. The summed E-state index contributed by atoms with van der Waals surface area (Å²) in [6.45, 7) is 4.63. The van der Waals surface area contributed by atoms with Crippen molar-refractivity contribution in [2.75, 3.05) is 57.2 Å². The van der Waals surface area contributed by atoms with E-state index in [1.54, 1.807) is 12.4 Å². The van der Waals surface area contributed by atoms with Crippen molar-refractivity contribution in [3.05, 3.63) is 65.7 Å². The molecule has 6 bridgehead atoms. The summed E-state index contributed by atoms with van der Waals surface area (Å²) >= 11 is 0. The third-order valence-electron chi connectivity index (χ3n) is 6.35. The van der Waals surface area contributed by atoms with Crippen molar-refractivity contribution in [3.8, 4) is 23.5 Å². The van der Waals surface area contributed by atoms with Gasteiger partial charge in [-0.1, -0.05) is 12.0 Å². The van der Waals surface area contributed by atoms with E-state index in [9.17, 15) is 0 Å². The van der Waals surface area contributed by atoms with E-state index in [-0.39, 0.29) is 0 Å². The van der Waals surface area contributed by atoms with Crippen LogP contribution in [0.15, 0.2) is 48.9 Å². The Morgan fingerprint density at radius 2 is 1.82 bits per heavy atom. The van der Waals surface area contributed by atoms with E-state index in [2.05, 4.69) is 47.3 Å². The van der Waals surface area contributed by atoms with Gasteiger partial charge in [-0.2, -0.15) is 4.98 Å². The third kappa shape index (κ3) is 5.29. The molecule has 0 saturated carbocycles. The molecule has 2 aliphatic heterocycles. The molecule has 6 heterocycles. The minimum atomic E-state index is 0.338. The van der Waals surface area contributed by atoms with Gasteiger partial charge in [0.2, 0.25) is 5.88 Å². The molecule has 4 aromatic rings. The van der Waals surface area contributed by atoms with Crippen molar-refractivity contribution >= 4 is 28.2 Å². The van der Waals surface area contributed by atoms with Crippen molar-refractivity contribution in [1.29, 1.82) is 0 Å². The fourth-order valence-corrected chi connectivity index (χ4v) is 4.41. The van der Waals surface area contributed by atoms with Gasteiger partial charge in [-0.25, -0.2) is 15.0 Å². The number of hydrogen-bond acceptors (Lipinski definition) is 10. The Bertz CT molecular complexity index is 1530. The highest BCUT2D eigenvalue weighted by Crippen LogP contribution is 2.27. The molecular weight excluding hydrogens is 482 g/mol. The predicted molar refractivity (Wildman–Crippen MR) is 144 cm³/mol. The maximum Gasteiger partial charge on any atom is 0.215 e. The van der Waals surface area contributed by atoms with Gasteiger partial charge in [0.25, 0.3) is 0 Å². The van der Waals surface area contributed by atoms with Gasteiger partial charge >= 0.3 is 0 Å². The molecule has 38 heavy (non-hydrogen) atoms. The summed E-state index contributed by atoms with van der Waals surface area (Å²) in [5.41, 5.74) is 2.38. The lowest BCUT2D eigenvalue weighted by atomic mass is 10.1. The SMILES string of the molecule is CNc1ncc2c3cc(ncc13)Nc1cccc(n1)OCCOc1cc(ncc1CN1CCOCC1)C#C2. The number of anilines is 3. The zero-order chi connectivity index (χ0) is 25.7. The number of morpholine rings is 1. The quantitative estimate of drug-likeness (QED) is 0.400. The molecule has 10 nitrogen and oxygen atoms in total. The standard InChI is InChI=1S/C28H27N7O3/c1-29-28-23-17-31-26-14-22(23)19(15-32-28)5-6-21-13-24(20(16-30-21)18-35-7-9-36-10-8-35)37-11-12-38-27-4-2-3-25(33-26)34-27/h2-4,13-17H,7-12,18H2,1H3,(H,29,32)(H,31,33,34). The van der Waals surface area contributed by atoms with E-state index in [4.69, 9.17) is 14.2 Å². The topological polar surface area (TPSA) is 107 Å². The first kappa shape index (κ1) is 23.9. The highest BCUT2D eigenvalue weighted by atomic mass is 16.5. The average molecular weight is 510 g/mol. The highest BCUT2D eigenvalue weighted by Gasteiger charge is 2.15. The number of ether oxygens (including phenoxy) is 3. The van der Waals surface area contributed by atoms with Crippen LogP contribution in [-0.4, -0.2) is 71.4 Å². The molecule has 0 atom stereocenters. The number of rotatable bonds is 3. The minimum Gasteiger partial charge on any atom is -0.490 e. The van der Waals surface area contributed by atoms with Gasteiger partial charge in [-0.15, -0.1) is 0 Å². The Labute approximate surface area is 220 Å². The molecule has 2 N–H and O–H groups in total. The molecule has 0 aliphatic carbocycles. The Kier molecular flexibility index (Phi) is 6.85.